The number of rotatable bonds is 2. The van der Waals surface area contributed by atoms with E-state index in [0.717, 1.165) is 19.3 Å². The molecule has 1 aliphatic heterocycles. The maximum absolute atomic E-state index is 12.3. The summed E-state index contributed by atoms with van der Waals surface area (Å²) < 4.78 is 0. The molecule has 1 amide bonds. The van der Waals surface area contributed by atoms with Crippen LogP contribution in [0.25, 0.3) is 0 Å². The first kappa shape index (κ1) is 14.0. The molecule has 17 heavy (non-hydrogen) atoms. The predicted octanol–water partition coefficient (Wildman–Crippen LogP) is 2.13. The van der Waals surface area contributed by atoms with Gasteiger partial charge in [0.15, 0.2) is 0 Å². The standard InChI is InChI=1S/C13H23NO3/c1-9-7-5-6-8-14(9)11(15)10(12(16)17)13(2,3)4/h9-10H,5-8H2,1-4H3,(H,16,17). The van der Waals surface area contributed by atoms with Crippen LogP contribution in [-0.4, -0.2) is 34.5 Å². The lowest BCUT2D eigenvalue weighted by Gasteiger charge is -2.38. The average molecular weight is 241 g/mol. The summed E-state index contributed by atoms with van der Waals surface area (Å²) in [5.74, 6) is -2.18. The SMILES string of the molecule is CC1CCCCN1C(=O)C(C(=O)O)C(C)(C)C. The second kappa shape index (κ2) is 5.07. The third-order valence-electron chi connectivity index (χ3n) is 3.45. The minimum Gasteiger partial charge on any atom is -0.481 e. The summed E-state index contributed by atoms with van der Waals surface area (Å²) in [6, 6.07) is 0.167. The molecule has 1 N–H and O–H groups in total. The van der Waals surface area contributed by atoms with Gasteiger partial charge in [-0.05, 0) is 31.6 Å². The smallest absolute Gasteiger partial charge is 0.316 e. The number of carbonyl (C=O) groups excluding carboxylic acids is 1. The molecule has 4 heteroatoms. The van der Waals surface area contributed by atoms with Gasteiger partial charge >= 0.3 is 5.97 Å². The van der Waals surface area contributed by atoms with Gasteiger partial charge in [-0.2, -0.15) is 0 Å². The van der Waals surface area contributed by atoms with Gasteiger partial charge in [0.05, 0.1) is 0 Å². The van der Waals surface area contributed by atoms with E-state index < -0.39 is 17.3 Å². The zero-order valence-corrected chi connectivity index (χ0v) is 11.2. The molecular weight excluding hydrogens is 218 g/mol. The van der Waals surface area contributed by atoms with E-state index in [1.807, 2.05) is 6.92 Å². The lowest BCUT2D eigenvalue weighted by Crippen LogP contribution is -2.50. The average Bonchev–Trinajstić information content (AvgIpc) is 2.15. The summed E-state index contributed by atoms with van der Waals surface area (Å²) in [6.45, 7) is 8.10. The van der Waals surface area contributed by atoms with Crippen molar-refractivity contribution >= 4 is 11.9 Å². The fourth-order valence-electron chi connectivity index (χ4n) is 2.44. The number of carboxylic acids is 1. The Balaban J connectivity index is 2.88. The normalized spacial score (nSPS) is 23.3. The first-order valence-corrected chi connectivity index (χ1v) is 6.28. The minimum absolute atomic E-state index is 0.167. The number of likely N-dealkylation sites (tertiary alicyclic amines) is 1. The van der Waals surface area contributed by atoms with Crippen LogP contribution in [-0.2, 0) is 9.59 Å². The van der Waals surface area contributed by atoms with Gasteiger partial charge in [0.1, 0.15) is 5.92 Å². The highest BCUT2D eigenvalue weighted by Crippen LogP contribution is 2.30. The number of carboxylic acid groups (broad SMARTS) is 1. The fraction of sp³-hybridized carbons (Fsp3) is 0.846. The second-order valence-corrected chi connectivity index (χ2v) is 6.01. The summed E-state index contributed by atoms with van der Waals surface area (Å²) in [6.07, 6.45) is 3.08. The molecule has 0 spiro atoms. The summed E-state index contributed by atoms with van der Waals surface area (Å²) in [5, 5.41) is 9.25. The summed E-state index contributed by atoms with van der Waals surface area (Å²) in [4.78, 5) is 25.4. The zero-order chi connectivity index (χ0) is 13.2. The van der Waals surface area contributed by atoms with Gasteiger partial charge in [-0.3, -0.25) is 9.59 Å². The highest BCUT2D eigenvalue weighted by Gasteiger charge is 2.41. The lowest BCUT2D eigenvalue weighted by atomic mass is 9.79. The molecule has 0 radical (unpaired) electrons. The molecule has 0 aromatic carbocycles. The molecule has 0 aliphatic carbocycles. The van der Waals surface area contributed by atoms with Crippen LogP contribution in [0.5, 0.6) is 0 Å². The Morgan fingerprint density at radius 2 is 1.88 bits per heavy atom. The van der Waals surface area contributed by atoms with Crippen molar-refractivity contribution in [2.75, 3.05) is 6.54 Å². The first-order valence-electron chi connectivity index (χ1n) is 6.28. The number of amides is 1. The van der Waals surface area contributed by atoms with E-state index in [1.54, 1.807) is 25.7 Å². The van der Waals surface area contributed by atoms with E-state index >= 15 is 0 Å². The Labute approximate surface area is 103 Å². The van der Waals surface area contributed by atoms with Gasteiger partial charge in [0.25, 0.3) is 0 Å². The van der Waals surface area contributed by atoms with Crippen molar-refractivity contribution in [2.24, 2.45) is 11.3 Å². The van der Waals surface area contributed by atoms with Crippen LogP contribution in [0.1, 0.15) is 47.0 Å². The molecule has 0 aromatic heterocycles. The van der Waals surface area contributed by atoms with Crippen LogP contribution in [0.2, 0.25) is 0 Å². The lowest BCUT2D eigenvalue weighted by molar-refractivity contribution is -0.157. The first-order chi connectivity index (χ1) is 7.75. The van der Waals surface area contributed by atoms with E-state index in [1.165, 1.54) is 0 Å². The molecule has 4 nitrogen and oxygen atoms in total. The molecule has 0 saturated carbocycles. The molecule has 1 rings (SSSR count). The fourth-order valence-corrected chi connectivity index (χ4v) is 2.44. The van der Waals surface area contributed by atoms with E-state index in [0.29, 0.717) is 6.54 Å². The summed E-state index contributed by atoms with van der Waals surface area (Å²) in [5.41, 5.74) is -0.542. The Morgan fingerprint density at radius 3 is 2.29 bits per heavy atom. The Hall–Kier alpha value is -1.06. The number of piperidine rings is 1. The van der Waals surface area contributed by atoms with Crippen molar-refractivity contribution in [3.63, 3.8) is 0 Å². The maximum atomic E-state index is 12.3. The molecule has 1 fully saturated rings. The maximum Gasteiger partial charge on any atom is 0.316 e. The topological polar surface area (TPSA) is 57.6 Å². The summed E-state index contributed by atoms with van der Waals surface area (Å²) >= 11 is 0. The van der Waals surface area contributed by atoms with E-state index in [2.05, 4.69) is 0 Å². The van der Waals surface area contributed by atoms with Crippen molar-refractivity contribution in [2.45, 2.75) is 53.0 Å². The van der Waals surface area contributed by atoms with Crippen LogP contribution < -0.4 is 0 Å². The van der Waals surface area contributed by atoms with Gasteiger partial charge in [0, 0.05) is 12.6 Å². The van der Waals surface area contributed by atoms with Crippen molar-refractivity contribution < 1.29 is 14.7 Å². The Morgan fingerprint density at radius 1 is 1.29 bits per heavy atom. The van der Waals surface area contributed by atoms with E-state index in [-0.39, 0.29) is 11.9 Å². The van der Waals surface area contributed by atoms with Crippen LogP contribution in [0.3, 0.4) is 0 Å². The Kier molecular flexibility index (Phi) is 4.17. The van der Waals surface area contributed by atoms with Crippen LogP contribution in [0, 0.1) is 11.3 Å². The van der Waals surface area contributed by atoms with Crippen molar-refractivity contribution in [3.8, 4) is 0 Å². The van der Waals surface area contributed by atoms with Crippen LogP contribution in [0.15, 0.2) is 0 Å². The highest BCUT2D eigenvalue weighted by atomic mass is 16.4. The largest absolute Gasteiger partial charge is 0.481 e. The molecule has 1 heterocycles. The van der Waals surface area contributed by atoms with Crippen LogP contribution in [0.4, 0.5) is 0 Å². The van der Waals surface area contributed by atoms with Crippen molar-refractivity contribution in [1.82, 2.24) is 4.90 Å². The molecule has 98 valence electrons. The Bertz CT molecular complexity index is 306. The number of hydrogen-bond acceptors (Lipinski definition) is 2. The monoisotopic (exact) mass is 241 g/mol. The van der Waals surface area contributed by atoms with Gasteiger partial charge in [-0.25, -0.2) is 0 Å². The van der Waals surface area contributed by atoms with Gasteiger partial charge in [-0.1, -0.05) is 20.8 Å². The highest BCUT2D eigenvalue weighted by molar-refractivity contribution is 5.97. The third-order valence-corrected chi connectivity index (χ3v) is 3.45. The molecule has 2 unspecified atom stereocenters. The summed E-state index contributed by atoms with van der Waals surface area (Å²) in [7, 11) is 0. The van der Waals surface area contributed by atoms with Crippen molar-refractivity contribution in [3.05, 3.63) is 0 Å². The molecular formula is C13H23NO3. The molecule has 2 atom stereocenters. The molecule has 0 bridgehead atoms. The number of aliphatic carboxylic acids is 1. The number of hydrogen-bond donors (Lipinski definition) is 1. The minimum atomic E-state index is -1.01. The van der Waals surface area contributed by atoms with Gasteiger partial charge < -0.3 is 10.0 Å². The van der Waals surface area contributed by atoms with Gasteiger partial charge in [0.2, 0.25) is 5.91 Å². The van der Waals surface area contributed by atoms with Gasteiger partial charge in [-0.15, -0.1) is 0 Å². The third kappa shape index (κ3) is 3.20. The predicted molar refractivity (Wildman–Crippen MR) is 65.6 cm³/mol. The van der Waals surface area contributed by atoms with E-state index in [4.69, 9.17) is 0 Å². The zero-order valence-electron chi connectivity index (χ0n) is 11.2. The quantitative estimate of drug-likeness (QED) is 0.753. The molecule has 1 saturated heterocycles. The van der Waals surface area contributed by atoms with E-state index in [9.17, 15) is 14.7 Å². The van der Waals surface area contributed by atoms with Crippen LogP contribution >= 0.6 is 0 Å². The number of carbonyl (C=O) groups is 2. The van der Waals surface area contributed by atoms with Crippen molar-refractivity contribution in [1.29, 1.82) is 0 Å². The second-order valence-electron chi connectivity index (χ2n) is 6.01. The molecule has 1 aliphatic rings. The number of nitrogens with zero attached hydrogens (tertiary/aromatic N) is 1. The molecule has 0 aromatic rings.